The van der Waals surface area contributed by atoms with Crippen LogP contribution in [-0.2, 0) is 17.4 Å². The number of hydrogen-bond acceptors (Lipinski definition) is 3. The highest BCUT2D eigenvalue weighted by Gasteiger charge is 2.34. The van der Waals surface area contributed by atoms with Crippen molar-refractivity contribution in [1.82, 2.24) is 0 Å². The van der Waals surface area contributed by atoms with Gasteiger partial charge in [0.2, 0.25) is 0 Å². The molecule has 1 unspecified atom stereocenters. The Kier molecular flexibility index (Phi) is 5.02. The van der Waals surface area contributed by atoms with Gasteiger partial charge in [-0.05, 0) is 42.3 Å². The van der Waals surface area contributed by atoms with Crippen molar-refractivity contribution in [2.45, 2.75) is 12.6 Å². The maximum Gasteiger partial charge on any atom is 0.416 e. The number of carboxylic acids is 1. The molecule has 2 aromatic carbocycles. The molecule has 0 radical (unpaired) electrons. The van der Waals surface area contributed by atoms with E-state index in [1.165, 1.54) is 12.1 Å². The summed E-state index contributed by atoms with van der Waals surface area (Å²) < 4.78 is 51.8. The molecular weight excluding hydrogens is 328 g/mol. The first-order valence-corrected chi connectivity index (χ1v) is 6.86. The SMILES string of the molecule is O=C([O-])C(Cc1ccccc1C(F)(F)F)C(=O)c1ccc(F)cc1. The van der Waals surface area contributed by atoms with Gasteiger partial charge in [0.25, 0.3) is 0 Å². The number of aliphatic carboxylic acids is 1. The van der Waals surface area contributed by atoms with Crippen molar-refractivity contribution >= 4 is 11.8 Å². The van der Waals surface area contributed by atoms with Crippen LogP contribution in [0.15, 0.2) is 48.5 Å². The van der Waals surface area contributed by atoms with Gasteiger partial charge in [-0.25, -0.2) is 4.39 Å². The predicted molar refractivity (Wildman–Crippen MR) is 74.4 cm³/mol. The Labute approximate surface area is 134 Å². The van der Waals surface area contributed by atoms with Crippen molar-refractivity contribution < 1.29 is 32.3 Å². The van der Waals surface area contributed by atoms with Crippen LogP contribution in [0.4, 0.5) is 17.6 Å². The molecule has 0 saturated heterocycles. The van der Waals surface area contributed by atoms with E-state index in [1.54, 1.807) is 0 Å². The minimum absolute atomic E-state index is 0.116. The summed E-state index contributed by atoms with van der Waals surface area (Å²) in [7, 11) is 0. The van der Waals surface area contributed by atoms with Gasteiger partial charge in [-0.15, -0.1) is 0 Å². The van der Waals surface area contributed by atoms with Gasteiger partial charge >= 0.3 is 6.18 Å². The zero-order valence-electron chi connectivity index (χ0n) is 12.1. The molecule has 3 nitrogen and oxygen atoms in total. The van der Waals surface area contributed by atoms with Crippen LogP contribution >= 0.6 is 0 Å². The van der Waals surface area contributed by atoms with E-state index >= 15 is 0 Å². The summed E-state index contributed by atoms with van der Waals surface area (Å²) in [5, 5.41) is 11.3. The molecule has 0 heterocycles. The van der Waals surface area contributed by atoms with Gasteiger partial charge in [0.15, 0.2) is 5.78 Å². The van der Waals surface area contributed by atoms with Crippen molar-refractivity contribution in [3.8, 4) is 0 Å². The standard InChI is InChI=1S/C17H12F4O3/c18-12-7-5-10(6-8-12)15(22)13(16(23)24)9-11-3-1-2-4-14(11)17(19,20)21/h1-8,13H,9H2,(H,23,24)/p-1. The fraction of sp³-hybridized carbons (Fsp3) is 0.176. The van der Waals surface area contributed by atoms with Crippen LogP contribution in [-0.4, -0.2) is 11.8 Å². The molecule has 0 bridgehead atoms. The molecule has 0 aliphatic rings. The number of ketones is 1. The third kappa shape index (κ3) is 3.98. The lowest BCUT2D eigenvalue weighted by Gasteiger charge is -2.20. The lowest BCUT2D eigenvalue weighted by Crippen LogP contribution is -2.38. The fourth-order valence-electron chi connectivity index (χ4n) is 2.29. The number of benzene rings is 2. The van der Waals surface area contributed by atoms with Crippen LogP contribution in [0.3, 0.4) is 0 Å². The first kappa shape index (κ1) is 17.7. The summed E-state index contributed by atoms with van der Waals surface area (Å²) in [6.45, 7) is 0. The Morgan fingerprint density at radius 2 is 1.58 bits per heavy atom. The monoisotopic (exact) mass is 339 g/mol. The molecule has 7 heteroatoms. The Hall–Kier alpha value is -2.70. The van der Waals surface area contributed by atoms with E-state index < -0.39 is 41.6 Å². The first-order chi connectivity index (χ1) is 11.2. The lowest BCUT2D eigenvalue weighted by atomic mass is 9.89. The lowest BCUT2D eigenvalue weighted by molar-refractivity contribution is -0.309. The molecule has 2 aromatic rings. The zero-order valence-corrected chi connectivity index (χ0v) is 12.1. The van der Waals surface area contributed by atoms with Crippen molar-refractivity contribution in [2.75, 3.05) is 0 Å². The van der Waals surface area contributed by atoms with E-state index in [-0.39, 0.29) is 11.1 Å². The average Bonchev–Trinajstić information content (AvgIpc) is 2.52. The number of hydrogen-bond donors (Lipinski definition) is 0. The number of carboxylic acid groups (broad SMARTS) is 1. The average molecular weight is 339 g/mol. The molecule has 0 fully saturated rings. The Morgan fingerprint density at radius 3 is 2.12 bits per heavy atom. The van der Waals surface area contributed by atoms with Gasteiger partial charge in [-0.1, -0.05) is 18.2 Å². The second-order valence-electron chi connectivity index (χ2n) is 5.10. The second-order valence-corrected chi connectivity index (χ2v) is 5.10. The van der Waals surface area contributed by atoms with Crippen LogP contribution < -0.4 is 5.11 Å². The van der Waals surface area contributed by atoms with E-state index in [1.807, 2.05) is 0 Å². The van der Waals surface area contributed by atoms with Crippen LogP contribution in [0.1, 0.15) is 21.5 Å². The summed E-state index contributed by atoms with van der Waals surface area (Å²) in [4.78, 5) is 23.5. The van der Waals surface area contributed by atoms with Crippen LogP contribution in [0.2, 0.25) is 0 Å². The van der Waals surface area contributed by atoms with Crippen molar-refractivity contribution in [1.29, 1.82) is 0 Å². The van der Waals surface area contributed by atoms with Gasteiger partial charge < -0.3 is 9.90 Å². The number of halogens is 4. The molecule has 0 aliphatic heterocycles. The number of carbonyl (C=O) groups excluding carboxylic acids is 2. The molecule has 0 amide bonds. The molecule has 0 aliphatic carbocycles. The van der Waals surface area contributed by atoms with Crippen LogP contribution in [0, 0.1) is 11.7 Å². The van der Waals surface area contributed by atoms with E-state index in [4.69, 9.17) is 0 Å². The maximum absolute atomic E-state index is 13.0. The van der Waals surface area contributed by atoms with Gasteiger partial charge in [-0.2, -0.15) is 13.2 Å². The Morgan fingerprint density at radius 1 is 1.00 bits per heavy atom. The normalized spacial score (nSPS) is 12.7. The van der Waals surface area contributed by atoms with Crippen LogP contribution in [0.25, 0.3) is 0 Å². The van der Waals surface area contributed by atoms with Crippen molar-refractivity contribution in [3.05, 3.63) is 71.0 Å². The molecule has 24 heavy (non-hydrogen) atoms. The summed E-state index contributed by atoms with van der Waals surface area (Å²) in [5.41, 5.74) is -1.45. The van der Waals surface area contributed by atoms with Gasteiger partial charge in [0, 0.05) is 5.56 Å². The van der Waals surface area contributed by atoms with E-state index in [0.29, 0.717) is 0 Å². The van der Waals surface area contributed by atoms with E-state index in [0.717, 1.165) is 36.4 Å². The fourth-order valence-corrected chi connectivity index (χ4v) is 2.29. The summed E-state index contributed by atoms with van der Waals surface area (Å²) in [6, 6.07) is 8.47. The summed E-state index contributed by atoms with van der Waals surface area (Å²) in [5.74, 6) is -5.16. The highest BCUT2D eigenvalue weighted by molar-refractivity contribution is 6.07. The van der Waals surface area contributed by atoms with Crippen LogP contribution in [0.5, 0.6) is 0 Å². The molecule has 0 aromatic heterocycles. The summed E-state index contributed by atoms with van der Waals surface area (Å²) in [6.07, 6.45) is -5.35. The highest BCUT2D eigenvalue weighted by Crippen LogP contribution is 2.33. The number of alkyl halides is 3. The van der Waals surface area contributed by atoms with Gasteiger partial charge in [0.1, 0.15) is 5.82 Å². The minimum atomic E-state index is -4.67. The highest BCUT2D eigenvalue weighted by atomic mass is 19.4. The van der Waals surface area contributed by atoms with Gasteiger partial charge in [0.05, 0.1) is 17.5 Å². The molecule has 0 saturated carbocycles. The van der Waals surface area contributed by atoms with Crippen molar-refractivity contribution in [2.24, 2.45) is 5.92 Å². The third-order valence-electron chi connectivity index (χ3n) is 3.48. The number of Topliss-reactive ketones (excluding diaryl/α,β-unsaturated/α-hetero) is 1. The summed E-state index contributed by atoms with van der Waals surface area (Å²) >= 11 is 0. The first-order valence-electron chi connectivity index (χ1n) is 6.86. The molecular formula is C17H11F4O3-. The molecule has 126 valence electrons. The largest absolute Gasteiger partial charge is 0.549 e. The number of carbonyl (C=O) groups is 2. The molecule has 0 N–H and O–H groups in total. The molecule has 1 atom stereocenters. The smallest absolute Gasteiger partial charge is 0.416 e. The minimum Gasteiger partial charge on any atom is -0.549 e. The maximum atomic E-state index is 13.0. The van der Waals surface area contributed by atoms with E-state index in [9.17, 15) is 32.3 Å². The number of rotatable bonds is 5. The topological polar surface area (TPSA) is 57.2 Å². The molecule has 2 rings (SSSR count). The van der Waals surface area contributed by atoms with Gasteiger partial charge in [-0.3, -0.25) is 4.79 Å². The predicted octanol–water partition coefficient (Wildman–Crippen LogP) is 2.64. The Balaban J connectivity index is 2.35. The quantitative estimate of drug-likeness (QED) is 0.478. The third-order valence-corrected chi connectivity index (χ3v) is 3.48. The molecule has 0 spiro atoms. The Bertz CT molecular complexity index is 751. The second kappa shape index (κ2) is 6.82. The van der Waals surface area contributed by atoms with E-state index in [2.05, 4.69) is 0 Å². The van der Waals surface area contributed by atoms with Crippen molar-refractivity contribution in [3.63, 3.8) is 0 Å². The zero-order chi connectivity index (χ0) is 17.9.